The Morgan fingerprint density at radius 1 is 1.01 bits per heavy atom. The second kappa shape index (κ2) is 20.3. The van der Waals surface area contributed by atoms with Crippen LogP contribution in [0, 0.1) is 22.7 Å². The molecule has 1 aromatic carbocycles. The molecule has 11 atom stereocenters. The second-order valence-corrected chi connectivity index (χ2v) is 22.5. The van der Waals surface area contributed by atoms with Crippen molar-refractivity contribution in [2.45, 2.75) is 155 Å². The second-order valence-electron chi connectivity index (χ2n) is 19.8. The van der Waals surface area contributed by atoms with E-state index >= 15 is 4.79 Å². The molecule has 4 aliphatic carbocycles. The molecule has 0 radical (unpaired) electrons. The minimum atomic E-state index is -2.43. The maximum absolute atomic E-state index is 15.9. The highest BCUT2D eigenvalue weighted by Gasteiger charge is 2.77. The summed E-state index contributed by atoms with van der Waals surface area (Å²) in [4.78, 5) is 85.1. The minimum Gasteiger partial charge on any atom is -0.497 e. The zero-order valence-corrected chi connectivity index (χ0v) is 42.3. The molecule has 1 aromatic rings. The monoisotopic (exact) mass is 977 g/mol. The first kappa shape index (κ1) is 53.7. The van der Waals surface area contributed by atoms with Crippen LogP contribution in [0.3, 0.4) is 0 Å². The van der Waals surface area contributed by atoms with Gasteiger partial charge in [0.25, 0.3) is 0 Å². The number of methoxy groups -OCH3 is 2. The summed E-state index contributed by atoms with van der Waals surface area (Å²) in [6.45, 7) is 15.7. The van der Waals surface area contributed by atoms with Crippen molar-refractivity contribution in [2.75, 3.05) is 26.2 Å². The maximum atomic E-state index is 15.9. The Morgan fingerprint density at radius 3 is 2.24 bits per heavy atom. The number of allylic oxidation sites excluding steroid dienone is 1. The number of benzene rings is 1. The third kappa shape index (κ3) is 10.4. The van der Waals surface area contributed by atoms with E-state index in [2.05, 4.69) is 5.32 Å². The summed E-state index contributed by atoms with van der Waals surface area (Å²) in [6, 6.07) is 3.05. The number of aliphatic hydroxyl groups excluding tert-OH is 2. The topological polar surface area (TPSA) is 240 Å². The number of hydrogen-bond donors (Lipinski definition) is 4. The number of ketones is 1. The van der Waals surface area contributed by atoms with Crippen LogP contribution in [0.2, 0.25) is 0 Å². The van der Waals surface area contributed by atoms with Crippen LogP contribution in [0.25, 0.3) is 0 Å². The first-order chi connectivity index (χ1) is 31.1. The van der Waals surface area contributed by atoms with Crippen LogP contribution in [0.4, 0.5) is 4.79 Å². The lowest BCUT2D eigenvalue weighted by Gasteiger charge is -2.68. The fourth-order valence-electron chi connectivity index (χ4n) is 10.6. The largest absolute Gasteiger partial charge is 0.497 e. The molecule has 17 nitrogen and oxygen atoms in total. The molecule has 3 saturated carbocycles. The number of Topliss-reactive ketones (excluding diaryl/α,β-unsaturated/α-hetero) is 1. The van der Waals surface area contributed by atoms with Crippen LogP contribution in [0.5, 0.6) is 11.5 Å². The number of rotatable bonds is 15. The minimum absolute atomic E-state index is 0.00120. The van der Waals surface area contributed by atoms with E-state index in [0.29, 0.717) is 17.7 Å². The number of esters is 4. The van der Waals surface area contributed by atoms with Crippen molar-refractivity contribution in [2.24, 2.45) is 22.7 Å². The molecule has 19 heteroatoms. The van der Waals surface area contributed by atoms with Crippen LogP contribution < -0.4 is 14.8 Å². The average Bonchev–Trinajstić information content (AvgIpc) is 3.22. The van der Waals surface area contributed by atoms with Crippen LogP contribution in [-0.4, -0.2) is 131 Å². The summed E-state index contributed by atoms with van der Waals surface area (Å²) in [5, 5.41) is 40.4. The summed E-state index contributed by atoms with van der Waals surface area (Å²) >= 11 is 0. The predicted octanol–water partition coefficient (Wildman–Crippen LogP) is 5.83. The van der Waals surface area contributed by atoms with Gasteiger partial charge in [0.2, 0.25) is 0 Å². The van der Waals surface area contributed by atoms with Gasteiger partial charge in [0, 0.05) is 30.4 Å². The molecular weight excluding hydrogens is 911 g/mol. The molecule has 0 heterocycles. The van der Waals surface area contributed by atoms with Gasteiger partial charge in [-0.25, -0.2) is 14.4 Å². The molecule has 5 rings (SSSR count). The highest BCUT2D eigenvalue weighted by Crippen LogP contribution is 2.67. The molecule has 372 valence electrons. The maximum Gasteiger partial charge on any atom is 0.408 e. The van der Waals surface area contributed by atoms with E-state index in [9.17, 15) is 39.3 Å². The molecule has 0 unspecified atom stereocenters. The Kier molecular flexibility index (Phi) is 16.3. The van der Waals surface area contributed by atoms with Crippen molar-refractivity contribution >= 4 is 57.3 Å². The number of amides is 1. The number of carbonyl (C=O) groups excluding carboxylic acids is 6. The van der Waals surface area contributed by atoms with E-state index in [-0.39, 0.29) is 47.5 Å². The molecular formula is C48H67NO16S2. The van der Waals surface area contributed by atoms with Gasteiger partial charge < -0.3 is 53.8 Å². The summed E-state index contributed by atoms with van der Waals surface area (Å²) in [6.07, 6.45) is -6.52. The fourth-order valence-corrected chi connectivity index (χ4v) is 11.7. The normalized spacial score (nSPS) is 30.5. The average molecular weight is 978 g/mol. The Bertz CT molecular complexity index is 2160. The number of fused-ring (bicyclic) bond motifs is 5. The molecule has 0 spiro atoms. The molecule has 4 N–H and O–H groups in total. The number of aliphatic hydroxyl groups is 3. The van der Waals surface area contributed by atoms with Gasteiger partial charge in [0.1, 0.15) is 46.1 Å². The molecule has 0 saturated heterocycles. The first-order valence-electron chi connectivity index (χ1n) is 22.3. The quantitative estimate of drug-likeness (QED) is 0.0531. The van der Waals surface area contributed by atoms with Gasteiger partial charge >= 0.3 is 30.0 Å². The molecule has 0 aromatic heterocycles. The Morgan fingerprint density at radius 2 is 1.69 bits per heavy atom. The number of alkyl carbamates (subject to hydrolysis) is 1. The number of hydrogen-bond acceptors (Lipinski definition) is 18. The summed E-state index contributed by atoms with van der Waals surface area (Å²) in [5.74, 6) is -6.07. The Labute approximate surface area is 400 Å². The summed E-state index contributed by atoms with van der Waals surface area (Å²) in [5.41, 5.74) is -8.06. The first-order valence-corrected chi connectivity index (χ1v) is 25.0. The lowest BCUT2D eigenvalue weighted by Crippen LogP contribution is -2.78. The number of ether oxygens (including phenoxy) is 7. The standard InChI is InChI=1S/C48H67NO16S2/c1-24(2)20-30(49-43(57)65-44(5,6)7)36(53)42(56)61-32-23-48(58)40(63-41(55)29-22-28(59-11)14-15-31(29)60-12)38-46(10,33(51)21-27-16-18-47(27,38)64-26(4)50)39(54)37(35(25(32)3)45(48,8)9)62-34(52)17-19-67-66-13/h14-15,20,22,27,30,32-33,36-38,40,51,53,58H,16-19,21,23H2,1-13H3,(H,49,57)/t27-,30+,32+,33+,36-,37-,38+,40+,46-,47+,48-/m1/s1. The van der Waals surface area contributed by atoms with Crippen molar-refractivity contribution in [3.63, 3.8) is 0 Å². The predicted molar refractivity (Wildman–Crippen MR) is 248 cm³/mol. The third-order valence-corrected chi connectivity index (χ3v) is 15.7. The van der Waals surface area contributed by atoms with E-state index in [0.717, 1.165) is 0 Å². The van der Waals surface area contributed by atoms with E-state index in [1.54, 1.807) is 54.5 Å². The van der Waals surface area contributed by atoms with Crippen LogP contribution in [-0.2, 0) is 42.9 Å². The lowest BCUT2D eigenvalue weighted by molar-refractivity contribution is -0.296. The van der Waals surface area contributed by atoms with E-state index in [1.807, 2.05) is 6.26 Å². The van der Waals surface area contributed by atoms with Gasteiger partial charge in [-0.3, -0.25) is 14.4 Å². The van der Waals surface area contributed by atoms with Crippen molar-refractivity contribution < 1.29 is 77.2 Å². The van der Waals surface area contributed by atoms with Gasteiger partial charge in [-0.1, -0.05) is 47.1 Å². The summed E-state index contributed by atoms with van der Waals surface area (Å²) < 4.78 is 41.5. The van der Waals surface area contributed by atoms with Gasteiger partial charge in [-0.05, 0) is 103 Å². The van der Waals surface area contributed by atoms with E-state index in [1.165, 1.54) is 74.8 Å². The van der Waals surface area contributed by atoms with E-state index in [4.69, 9.17) is 33.2 Å². The van der Waals surface area contributed by atoms with Gasteiger partial charge in [-0.2, -0.15) is 0 Å². The SMILES string of the molecule is COc1ccc(OC)c(C(=O)O[C@H]2[C@@H]3[C@]4(OC(C)=O)CC[C@@H]4C[C@H](O)[C@@]3(C)C(=O)[C@H](OC(=O)CCSSC)C3=C(C)[C@@H](OC(=O)[C@H](O)[C@H](C=C(C)C)NC(=O)OC(C)(C)C)C[C@]2(O)C3(C)C)c1. The van der Waals surface area contributed by atoms with Crippen LogP contribution in [0.15, 0.2) is 41.0 Å². The molecule has 1 amide bonds. The van der Waals surface area contributed by atoms with Crippen molar-refractivity contribution in [1.82, 2.24) is 5.32 Å². The van der Waals surface area contributed by atoms with Crippen molar-refractivity contribution in [1.29, 1.82) is 0 Å². The van der Waals surface area contributed by atoms with Crippen LogP contribution >= 0.6 is 21.6 Å². The lowest BCUT2D eigenvalue weighted by atomic mass is 9.41. The zero-order valence-electron chi connectivity index (χ0n) is 40.6. The van der Waals surface area contributed by atoms with Gasteiger partial charge in [0.15, 0.2) is 18.0 Å². The fraction of sp³-hybridized carbons (Fsp3) is 0.667. The Hall–Kier alpha value is -4.30. The van der Waals surface area contributed by atoms with E-state index < -0.39 is 118 Å². The number of carbonyl (C=O) groups is 6. The third-order valence-electron chi connectivity index (χ3n) is 13.9. The summed E-state index contributed by atoms with van der Waals surface area (Å²) in [7, 11) is 5.56. The smallest absolute Gasteiger partial charge is 0.408 e. The zero-order chi connectivity index (χ0) is 50.2. The molecule has 4 aliphatic rings. The molecule has 67 heavy (non-hydrogen) atoms. The molecule has 0 aliphatic heterocycles. The van der Waals surface area contributed by atoms with Gasteiger partial charge in [0.05, 0.1) is 44.1 Å². The molecule has 2 bridgehead atoms. The van der Waals surface area contributed by atoms with Crippen molar-refractivity contribution in [3.8, 4) is 11.5 Å². The van der Waals surface area contributed by atoms with Crippen molar-refractivity contribution in [3.05, 3.63) is 46.6 Å². The van der Waals surface area contributed by atoms with Crippen LogP contribution in [0.1, 0.15) is 112 Å². The molecule has 3 fully saturated rings. The van der Waals surface area contributed by atoms with Gasteiger partial charge in [-0.15, -0.1) is 0 Å². The number of nitrogens with one attached hydrogen (secondary N) is 1. The highest BCUT2D eigenvalue weighted by molar-refractivity contribution is 8.76. The highest BCUT2D eigenvalue weighted by atomic mass is 33.1. The Balaban J connectivity index is 1.78.